The van der Waals surface area contributed by atoms with E-state index in [1.54, 1.807) is 10.9 Å². The van der Waals surface area contributed by atoms with E-state index in [9.17, 15) is 13.2 Å². The first-order valence-electron chi connectivity index (χ1n) is 9.33. The first-order valence-corrected chi connectivity index (χ1v) is 11.2. The molecule has 3 heterocycles. The number of likely N-dealkylation sites (tertiary alicyclic amines) is 1. The summed E-state index contributed by atoms with van der Waals surface area (Å²) in [5.74, 6) is 0.0153. The Labute approximate surface area is 159 Å². The Morgan fingerprint density at radius 2 is 1.89 bits per heavy atom. The van der Waals surface area contributed by atoms with Gasteiger partial charge in [-0.15, -0.1) is 0 Å². The van der Waals surface area contributed by atoms with Crippen LogP contribution in [0.25, 0.3) is 5.69 Å². The third-order valence-electron chi connectivity index (χ3n) is 5.30. The molecule has 0 spiro atoms. The quantitative estimate of drug-likeness (QED) is 0.819. The van der Waals surface area contributed by atoms with Gasteiger partial charge in [-0.05, 0) is 43.6 Å². The lowest BCUT2D eigenvalue weighted by molar-refractivity contribution is -0.121. The van der Waals surface area contributed by atoms with Crippen molar-refractivity contribution in [2.45, 2.75) is 31.3 Å². The van der Waals surface area contributed by atoms with Gasteiger partial charge in [-0.25, -0.2) is 13.1 Å². The minimum absolute atomic E-state index is 0.0309. The first-order chi connectivity index (χ1) is 13.0. The molecule has 2 aliphatic rings. The van der Waals surface area contributed by atoms with E-state index in [4.69, 9.17) is 0 Å². The van der Waals surface area contributed by atoms with Crippen LogP contribution in [0, 0.1) is 0 Å². The molecule has 1 amide bonds. The van der Waals surface area contributed by atoms with Crippen LogP contribution in [0.5, 0.6) is 0 Å². The zero-order valence-electron chi connectivity index (χ0n) is 15.1. The Morgan fingerprint density at radius 1 is 1.15 bits per heavy atom. The minimum Gasteiger partial charge on any atom is -0.350 e. The number of rotatable bonds is 5. The number of sulfone groups is 1. The summed E-state index contributed by atoms with van der Waals surface area (Å²) in [4.78, 5) is 14.7. The number of amides is 1. The molecule has 2 aliphatic heterocycles. The fourth-order valence-electron chi connectivity index (χ4n) is 4.02. The van der Waals surface area contributed by atoms with E-state index >= 15 is 0 Å². The maximum atomic E-state index is 12.5. The van der Waals surface area contributed by atoms with Crippen molar-refractivity contribution in [2.24, 2.45) is 0 Å². The van der Waals surface area contributed by atoms with E-state index < -0.39 is 9.84 Å². The Bertz CT molecular complexity index is 904. The number of para-hydroxylation sites is 1. The van der Waals surface area contributed by atoms with Crippen molar-refractivity contribution >= 4 is 15.7 Å². The van der Waals surface area contributed by atoms with Gasteiger partial charge < -0.3 is 5.32 Å². The highest BCUT2D eigenvalue weighted by Crippen LogP contribution is 2.22. The van der Waals surface area contributed by atoms with Gasteiger partial charge >= 0.3 is 0 Å². The average Bonchev–Trinajstić information content (AvgIpc) is 3.36. The molecule has 0 radical (unpaired) electrons. The molecule has 1 aromatic heterocycles. The fraction of sp³-hybridized carbons (Fsp3) is 0.474. The Hall–Kier alpha value is -2.19. The van der Waals surface area contributed by atoms with Crippen LogP contribution < -0.4 is 5.32 Å². The van der Waals surface area contributed by atoms with Crippen LogP contribution in [0.15, 0.2) is 42.7 Å². The van der Waals surface area contributed by atoms with Gasteiger partial charge in [-0.3, -0.25) is 9.69 Å². The number of hydrogen-bond acceptors (Lipinski definition) is 5. The second-order valence-electron chi connectivity index (χ2n) is 7.37. The molecule has 4 rings (SSSR count). The molecule has 8 heteroatoms. The minimum atomic E-state index is -3.11. The van der Waals surface area contributed by atoms with Crippen LogP contribution in [-0.2, 0) is 21.1 Å². The van der Waals surface area contributed by atoms with Crippen LogP contribution in [-0.4, -0.2) is 65.7 Å². The lowest BCUT2D eigenvalue weighted by Crippen LogP contribution is -2.50. The molecule has 2 unspecified atom stereocenters. The number of carbonyl (C=O) groups is 1. The van der Waals surface area contributed by atoms with Crippen molar-refractivity contribution in [2.75, 3.05) is 24.6 Å². The Balaban J connectivity index is 1.40. The van der Waals surface area contributed by atoms with Gasteiger partial charge in [0, 0.05) is 12.2 Å². The molecule has 1 aromatic carbocycles. The number of nitrogens with zero attached hydrogens (tertiary/aromatic N) is 3. The van der Waals surface area contributed by atoms with Gasteiger partial charge in [-0.2, -0.15) is 5.10 Å². The molecular weight excluding hydrogens is 364 g/mol. The topological polar surface area (TPSA) is 84.3 Å². The van der Waals surface area contributed by atoms with E-state index in [0.29, 0.717) is 0 Å². The van der Waals surface area contributed by atoms with E-state index in [0.717, 1.165) is 37.2 Å². The van der Waals surface area contributed by atoms with Crippen molar-refractivity contribution in [3.05, 3.63) is 48.3 Å². The predicted octanol–water partition coefficient (Wildman–Crippen LogP) is 0.792. The highest BCUT2D eigenvalue weighted by Gasteiger charge is 2.42. The lowest BCUT2D eigenvalue weighted by Gasteiger charge is -2.28. The number of hydrogen-bond donors (Lipinski definition) is 1. The summed E-state index contributed by atoms with van der Waals surface area (Å²) in [6.45, 7) is 1.83. The normalized spacial score (nSPS) is 24.9. The molecule has 0 bridgehead atoms. The largest absolute Gasteiger partial charge is 0.350 e. The van der Waals surface area contributed by atoms with Crippen molar-refractivity contribution in [3.8, 4) is 5.69 Å². The highest BCUT2D eigenvalue weighted by atomic mass is 32.2. The van der Waals surface area contributed by atoms with Gasteiger partial charge in [0.15, 0.2) is 9.84 Å². The van der Waals surface area contributed by atoms with Gasteiger partial charge in [-0.1, -0.05) is 18.2 Å². The van der Waals surface area contributed by atoms with E-state index in [-0.39, 0.29) is 35.9 Å². The molecule has 144 valence electrons. The average molecular weight is 388 g/mol. The number of aromatic nitrogens is 2. The molecule has 0 aliphatic carbocycles. The van der Waals surface area contributed by atoms with Crippen molar-refractivity contribution in [1.29, 1.82) is 0 Å². The Morgan fingerprint density at radius 3 is 2.63 bits per heavy atom. The molecule has 2 aromatic rings. The summed E-state index contributed by atoms with van der Waals surface area (Å²) < 4.78 is 26.0. The third kappa shape index (κ3) is 4.22. The van der Waals surface area contributed by atoms with Crippen LogP contribution >= 0.6 is 0 Å². The molecule has 2 fully saturated rings. The Kier molecular flexibility index (Phi) is 5.01. The zero-order valence-corrected chi connectivity index (χ0v) is 15.9. The molecule has 2 saturated heterocycles. The summed E-state index contributed by atoms with van der Waals surface area (Å²) >= 11 is 0. The number of benzene rings is 1. The van der Waals surface area contributed by atoms with Gasteiger partial charge in [0.25, 0.3) is 0 Å². The van der Waals surface area contributed by atoms with Crippen LogP contribution in [0.1, 0.15) is 18.4 Å². The third-order valence-corrected chi connectivity index (χ3v) is 7.02. The summed E-state index contributed by atoms with van der Waals surface area (Å²) in [5, 5.41) is 7.27. The second kappa shape index (κ2) is 7.44. The highest BCUT2D eigenvalue weighted by molar-refractivity contribution is 7.91. The maximum absolute atomic E-state index is 12.5. The fourth-order valence-corrected chi connectivity index (χ4v) is 5.97. The summed E-state index contributed by atoms with van der Waals surface area (Å²) in [6.07, 6.45) is 5.88. The monoisotopic (exact) mass is 388 g/mol. The second-order valence-corrected chi connectivity index (χ2v) is 9.52. The molecule has 27 heavy (non-hydrogen) atoms. The van der Waals surface area contributed by atoms with Gasteiger partial charge in [0.05, 0.1) is 35.9 Å². The van der Waals surface area contributed by atoms with E-state index in [1.807, 2.05) is 36.5 Å². The zero-order chi connectivity index (χ0) is 18.9. The number of nitrogens with one attached hydrogen (secondary N) is 1. The molecule has 0 saturated carbocycles. The van der Waals surface area contributed by atoms with Crippen molar-refractivity contribution in [1.82, 2.24) is 20.0 Å². The van der Waals surface area contributed by atoms with Crippen molar-refractivity contribution in [3.63, 3.8) is 0 Å². The predicted molar refractivity (Wildman–Crippen MR) is 102 cm³/mol. The maximum Gasteiger partial charge on any atom is 0.224 e. The molecular formula is C19H24N4O3S. The summed E-state index contributed by atoms with van der Waals surface area (Å²) in [5.41, 5.74) is 1.73. The van der Waals surface area contributed by atoms with E-state index in [1.165, 1.54) is 0 Å². The van der Waals surface area contributed by atoms with Crippen LogP contribution in [0.3, 0.4) is 0 Å². The van der Waals surface area contributed by atoms with Crippen LogP contribution in [0.2, 0.25) is 0 Å². The lowest BCUT2D eigenvalue weighted by atomic mass is 10.1. The summed E-state index contributed by atoms with van der Waals surface area (Å²) in [7, 11) is -3.11. The number of carbonyl (C=O) groups excluding carboxylic acids is 1. The van der Waals surface area contributed by atoms with Crippen molar-refractivity contribution < 1.29 is 13.2 Å². The van der Waals surface area contributed by atoms with E-state index in [2.05, 4.69) is 15.3 Å². The van der Waals surface area contributed by atoms with Gasteiger partial charge in [0.2, 0.25) is 5.91 Å². The smallest absolute Gasteiger partial charge is 0.224 e. The molecule has 1 N–H and O–H groups in total. The summed E-state index contributed by atoms with van der Waals surface area (Å²) in [6, 6.07) is 9.26. The standard InChI is InChI=1S/C19H24N4O3S/c24-19(10-15-11-20-23(12-15)16-6-2-1-3-7-16)21-17-13-27(25,26)14-18(17)22-8-4-5-9-22/h1-3,6-7,11-12,17-18H,4-5,8-10,13-14H2,(H,21,24). The molecule has 2 atom stereocenters. The SMILES string of the molecule is O=C(Cc1cnn(-c2ccccc2)c1)NC1CS(=O)(=O)CC1N1CCCC1. The molecule has 7 nitrogen and oxygen atoms in total. The van der Waals surface area contributed by atoms with Crippen LogP contribution in [0.4, 0.5) is 0 Å². The van der Waals surface area contributed by atoms with Gasteiger partial charge in [0.1, 0.15) is 0 Å². The first kappa shape index (κ1) is 18.2.